The topological polar surface area (TPSA) is 120 Å². The summed E-state index contributed by atoms with van der Waals surface area (Å²) in [6.07, 6.45) is 2.73. The van der Waals surface area contributed by atoms with Gasteiger partial charge in [0.1, 0.15) is 0 Å². The summed E-state index contributed by atoms with van der Waals surface area (Å²) < 4.78 is 1.34. The quantitative estimate of drug-likeness (QED) is 0.528. The van der Waals surface area contributed by atoms with Crippen LogP contribution < -0.4 is 15.3 Å². The van der Waals surface area contributed by atoms with Gasteiger partial charge >= 0.3 is 44.9 Å². The Balaban J connectivity index is 0.000000410. The van der Waals surface area contributed by atoms with Crippen molar-refractivity contribution in [2.24, 2.45) is 0 Å². The third kappa shape index (κ3) is 14.7. The van der Waals surface area contributed by atoms with Crippen molar-refractivity contribution >= 4 is 17.9 Å². The first kappa shape index (κ1) is 28.8. The largest absolute Gasteiger partial charge is 0.545 e. The smallest absolute Gasteiger partial charge is 0.0715 e. The fraction of sp³-hybridized carbons (Fsp3) is 0.160. The minimum Gasteiger partial charge on any atom is -0.545 e. The summed E-state index contributed by atoms with van der Waals surface area (Å²) in [5, 5.41) is 30.3. The van der Waals surface area contributed by atoms with Crippen LogP contribution in [-0.2, 0) is 20.4 Å². The molecular formula is C25H24O6Ti. The van der Waals surface area contributed by atoms with E-state index < -0.39 is 17.9 Å². The van der Waals surface area contributed by atoms with Crippen LogP contribution in [0.4, 0.5) is 0 Å². The normalized spacial score (nSPS) is 8.84. The van der Waals surface area contributed by atoms with Gasteiger partial charge in [-0.3, -0.25) is 0 Å². The van der Waals surface area contributed by atoms with Gasteiger partial charge in [0.15, 0.2) is 0 Å². The minimum atomic E-state index is -1.13. The number of rotatable bonds is 5. The van der Waals surface area contributed by atoms with Crippen LogP contribution in [0.15, 0.2) is 91.0 Å². The van der Waals surface area contributed by atoms with Crippen LogP contribution in [0.5, 0.6) is 0 Å². The second-order valence-electron chi connectivity index (χ2n) is 6.06. The Hall–Kier alpha value is -3.22. The number of carbonyl (C=O) groups excluding carboxylic acids is 3. The van der Waals surface area contributed by atoms with E-state index in [1.807, 2.05) is 0 Å². The Labute approximate surface area is 200 Å². The Kier molecular flexibility index (Phi) is 16.7. The maximum absolute atomic E-state index is 10.1. The summed E-state index contributed by atoms with van der Waals surface area (Å²) in [5.41, 5.74) is 0.660. The second-order valence-corrected chi connectivity index (χ2v) is 6.84. The van der Waals surface area contributed by atoms with E-state index in [0.29, 0.717) is 0 Å². The van der Waals surface area contributed by atoms with Crippen molar-refractivity contribution in [2.75, 3.05) is 0 Å². The molecule has 0 aliphatic heterocycles. The molecule has 0 aliphatic carbocycles. The van der Waals surface area contributed by atoms with Crippen molar-refractivity contribution in [1.82, 2.24) is 0 Å². The van der Waals surface area contributed by atoms with Gasteiger partial charge in [-0.1, -0.05) is 91.0 Å². The van der Waals surface area contributed by atoms with E-state index in [-0.39, 0.29) is 16.7 Å². The van der Waals surface area contributed by atoms with E-state index in [2.05, 4.69) is 27.4 Å². The first-order chi connectivity index (χ1) is 15.3. The molecule has 3 aromatic carbocycles. The number of carboxylic acids is 3. The predicted molar refractivity (Wildman–Crippen MR) is 112 cm³/mol. The monoisotopic (exact) mass is 468 g/mol. The molecule has 0 radical (unpaired) electrons. The van der Waals surface area contributed by atoms with Crippen LogP contribution in [0.3, 0.4) is 0 Å². The van der Waals surface area contributed by atoms with Crippen LogP contribution in [0.2, 0.25) is 4.73 Å². The van der Waals surface area contributed by atoms with Gasteiger partial charge in [-0.05, 0) is 16.7 Å². The van der Waals surface area contributed by atoms with Gasteiger partial charge in [0, 0.05) is 0 Å². The number of carboxylic acid groups (broad SMARTS) is 3. The van der Waals surface area contributed by atoms with Gasteiger partial charge < -0.3 is 29.7 Å². The molecule has 0 spiro atoms. The Morgan fingerprint density at radius 2 is 0.844 bits per heavy atom. The van der Waals surface area contributed by atoms with Crippen LogP contribution in [0.25, 0.3) is 0 Å². The van der Waals surface area contributed by atoms with Gasteiger partial charge in [0.05, 0.1) is 17.9 Å². The first-order valence-electron chi connectivity index (χ1n) is 9.77. The van der Waals surface area contributed by atoms with E-state index in [1.54, 1.807) is 54.6 Å². The van der Waals surface area contributed by atoms with Crippen LogP contribution >= 0.6 is 0 Å². The zero-order chi connectivity index (χ0) is 24.2. The molecule has 3 rings (SSSR count). The molecule has 0 amide bonds. The third-order valence-electron chi connectivity index (χ3n) is 3.56. The molecule has 0 saturated carbocycles. The molecule has 0 heterocycles. The summed E-state index contributed by atoms with van der Waals surface area (Å²) in [6, 6.07) is 24.2. The number of unbranched alkanes of at least 4 members (excludes halogenated alkanes) is 1. The van der Waals surface area contributed by atoms with Crippen molar-refractivity contribution in [3.8, 4) is 0 Å². The third-order valence-corrected chi connectivity index (χ3v) is 4.11. The molecule has 0 saturated heterocycles. The van der Waals surface area contributed by atoms with Crippen LogP contribution in [0.1, 0.15) is 50.8 Å². The summed E-state index contributed by atoms with van der Waals surface area (Å²) in [7, 11) is 0. The average Bonchev–Trinajstić information content (AvgIpc) is 2.82. The maximum atomic E-state index is 10.1. The summed E-state index contributed by atoms with van der Waals surface area (Å²) in [6.45, 7) is 2.21. The van der Waals surface area contributed by atoms with E-state index in [1.165, 1.54) is 54.0 Å². The maximum Gasteiger partial charge on any atom is 0.0715 e. The van der Waals surface area contributed by atoms with Gasteiger partial charge in [-0.2, -0.15) is 0 Å². The molecule has 6 nitrogen and oxygen atoms in total. The summed E-state index contributed by atoms with van der Waals surface area (Å²) in [4.78, 5) is 30.3. The van der Waals surface area contributed by atoms with Crippen molar-refractivity contribution in [3.63, 3.8) is 0 Å². The number of aromatic carboxylic acids is 3. The van der Waals surface area contributed by atoms with E-state index >= 15 is 0 Å². The first-order valence-corrected chi connectivity index (χ1v) is 10.9. The molecule has 0 bridgehead atoms. The van der Waals surface area contributed by atoms with Gasteiger partial charge in [0.2, 0.25) is 0 Å². The van der Waals surface area contributed by atoms with Crippen LogP contribution in [0, 0.1) is 0 Å². The molecular weight excluding hydrogens is 444 g/mol. The molecule has 0 aliphatic rings. The van der Waals surface area contributed by atoms with E-state index in [9.17, 15) is 29.7 Å². The van der Waals surface area contributed by atoms with Gasteiger partial charge in [-0.25, -0.2) is 0 Å². The molecule has 164 valence electrons. The van der Waals surface area contributed by atoms with Crippen molar-refractivity contribution in [1.29, 1.82) is 0 Å². The second kappa shape index (κ2) is 18.5. The Bertz CT molecular complexity index is 780. The summed E-state index contributed by atoms with van der Waals surface area (Å²) >= 11 is 2.21. The molecule has 3 aromatic rings. The van der Waals surface area contributed by atoms with E-state index in [4.69, 9.17) is 0 Å². The van der Waals surface area contributed by atoms with Crippen molar-refractivity contribution in [2.45, 2.75) is 24.5 Å². The van der Waals surface area contributed by atoms with Gasteiger partial charge in [0.25, 0.3) is 0 Å². The Morgan fingerprint density at radius 3 is 0.938 bits per heavy atom. The van der Waals surface area contributed by atoms with Gasteiger partial charge in [-0.15, -0.1) is 0 Å². The minimum absolute atomic E-state index is 0.220. The predicted octanol–water partition coefficient (Wildman–Crippen LogP) is 1.90. The molecule has 0 aromatic heterocycles. The SMILES string of the molecule is CCC[CH2][Ti+3].O=C([O-])c1ccccc1.O=C([O-])c1ccccc1.O=C([O-])c1ccccc1. The van der Waals surface area contributed by atoms with E-state index in [0.717, 1.165) is 0 Å². The van der Waals surface area contributed by atoms with Crippen molar-refractivity contribution < 1.29 is 50.1 Å². The van der Waals surface area contributed by atoms with Crippen LogP contribution in [-0.4, -0.2) is 17.9 Å². The number of carbonyl (C=O) groups is 3. The number of hydrogen-bond acceptors (Lipinski definition) is 6. The standard InChI is InChI=1S/3C7H6O2.C4H9.Ti/c3*8-7(9)6-4-2-1-3-5-6;1-3-4-2;/h3*1-5H,(H,8,9);1,3-4H2,2H3;/q;;;;+3/p-3. The average molecular weight is 468 g/mol. The van der Waals surface area contributed by atoms with Crippen molar-refractivity contribution in [3.05, 3.63) is 108 Å². The molecule has 32 heavy (non-hydrogen) atoms. The molecule has 7 heteroatoms. The molecule has 0 N–H and O–H groups in total. The zero-order valence-electron chi connectivity index (χ0n) is 17.7. The molecule has 0 fully saturated rings. The number of benzene rings is 3. The Morgan fingerprint density at radius 1 is 0.594 bits per heavy atom. The fourth-order valence-corrected chi connectivity index (χ4v) is 2.45. The fourth-order valence-electron chi connectivity index (χ4n) is 1.90. The molecule has 0 unspecified atom stereocenters. The summed E-state index contributed by atoms with van der Waals surface area (Å²) in [5.74, 6) is -3.39. The number of hydrogen-bond donors (Lipinski definition) is 0. The molecule has 0 atom stereocenters. The zero-order valence-corrected chi connectivity index (χ0v) is 19.3.